The molecule has 6 nitrogen and oxygen atoms in total. The summed E-state index contributed by atoms with van der Waals surface area (Å²) in [6, 6.07) is 7.65. The van der Waals surface area contributed by atoms with Gasteiger partial charge in [-0.2, -0.15) is 8.42 Å². The lowest BCUT2D eigenvalue weighted by Crippen LogP contribution is -2.24. The molecule has 0 radical (unpaired) electrons. The predicted molar refractivity (Wildman–Crippen MR) is 96.0 cm³/mol. The molecule has 23 heavy (non-hydrogen) atoms. The number of benzene rings is 1. The summed E-state index contributed by atoms with van der Waals surface area (Å²) >= 11 is 7.69. The number of hydrogen-bond acceptors (Lipinski definition) is 7. The fourth-order valence-corrected chi connectivity index (χ4v) is 5.17. The van der Waals surface area contributed by atoms with Crippen LogP contribution in [0, 0.1) is 0 Å². The second kappa shape index (κ2) is 6.44. The smallest absolute Gasteiger partial charge is 0.266 e. The zero-order valence-electron chi connectivity index (χ0n) is 11.7. The van der Waals surface area contributed by atoms with Crippen LogP contribution in [0.25, 0.3) is 0 Å². The summed E-state index contributed by atoms with van der Waals surface area (Å²) in [5, 5.41) is 3.33. The van der Waals surface area contributed by atoms with Crippen molar-refractivity contribution in [3.05, 3.63) is 34.2 Å². The zero-order chi connectivity index (χ0) is 16.6. The average Bonchev–Trinajstić information content (AvgIpc) is 2.98. The van der Waals surface area contributed by atoms with Crippen molar-refractivity contribution >= 4 is 61.8 Å². The van der Waals surface area contributed by atoms with Gasteiger partial charge >= 0.3 is 0 Å². The van der Waals surface area contributed by atoms with Gasteiger partial charge in [0, 0.05) is 11.4 Å². The number of carbonyl (C=O) groups excluding carboxylic acids is 1. The maximum Gasteiger partial charge on any atom is 0.266 e. The van der Waals surface area contributed by atoms with Crippen molar-refractivity contribution in [3.8, 4) is 0 Å². The molecule has 1 aromatic carbocycles. The van der Waals surface area contributed by atoms with Gasteiger partial charge in [-0.3, -0.25) is 9.35 Å². The molecule has 1 aromatic rings. The van der Waals surface area contributed by atoms with Crippen LogP contribution >= 0.6 is 35.7 Å². The van der Waals surface area contributed by atoms with Crippen molar-refractivity contribution in [1.82, 2.24) is 5.32 Å². The summed E-state index contributed by atoms with van der Waals surface area (Å²) in [6.07, 6.45) is 0.251. The maximum absolute atomic E-state index is 12.0. The lowest BCUT2D eigenvalue weighted by Gasteiger charge is -2.20. The minimum absolute atomic E-state index is 0.241. The number of nitrogens with one attached hydrogen (secondary N) is 1. The molecule has 0 aliphatic carbocycles. The van der Waals surface area contributed by atoms with E-state index >= 15 is 0 Å². The fourth-order valence-electron chi connectivity index (χ4n) is 2.29. The van der Waals surface area contributed by atoms with Crippen molar-refractivity contribution in [3.63, 3.8) is 0 Å². The Balaban J connectivity index is 1.92. The van der Waals surface area contributed by atoms with Gasteiger partial charge in [0.15, 0.2) is 0 Å². The van der Waals surface area contributed by atoms with E-state index in [9.17, 15) is 13.2 Å². The first-order valence-electron chi connectivity index (χ1n) is 6.62. The number of carbonyl (C=O) groups is 1. The summed E-state index contributed by atoms with van der Waals surface area (Å²) < 4.78 is 31.1. The largest absolute Gasteiger partial charge is 0.334 e. The Morgan fingerprint density at radius 2 is 2.00 bits per heavy atom. The van der Waals surface area contributed by atoms with Gasteiger partial charge in [0.2, 0.25) is 0 Å². The number of para-hydroxylation sites is 1. The molecule has 2 aliphatic rings. The second-order valence-electron chi connectivity index (χ2n) is 4.84. The predicted octanol–water partition coefficient (Wildman–Crippen LogP) is 2.19. The third-order valence-corrected chi connectivity index (χ3v) is 6.54. The van der Waals surface area contributed by atoms with Crippen molar-refractivity contribution in [2.45, 2.75) is 11.3 Å². The molecule has 0 bridgehead atoms. The first-order valence-corrected chi connectivity index (χ1v) is 10.3. The van der Waals surface area contributed by atoms with Crippen LogP contribution in [0.1, 0.15) is 6.42 Å². The number of thiocarbonyl (C=S) groups is 1. The Hall–Kier alpha value is -1.07. The van der Waals surface area contributed by atoms with E-state index < -0.39 is 10.1 Å². The van der Waals surface area contributed by atoms with Crippen LogP contribution in [0.3, 0.4) is 0 Å². The van der Waals surface area contributed by atoms with Crippen molar-refractivity contribution in [2.24, 2.45) is 0 Å². The molecule has 3 rings (SSSR count). The van der Waals surface area contributed by atoms with E-state index in [1.807, 2.05) is 29.2 Å². The summed E-state index contributed by atoms with van der Waals surface area (Å²) in [5.74, 6) is -0.563. The Labute approximate surface area is 147 Å². The van der Waals surface area contributed by atoms with E-state index in [0.29, 0.717) is 15.8 Å². The van der Waals surface area contributed by atoms with E-state index in [4.69, 9.17) is 16.8 Å². The molecule has 0 saturated carbocycles. The second-order valence-corrected chi connectivity index (χ2v) is 9.13. The molecule has 2 heterocycles. The van der Waals surface area contributed by atoms with Gasteiger partial charge < -0.3 is 10.2 Å². The Morgan fingerprint density at radius 1 is 1.26 bits per heavy atom. The summed E-state index contributed by atoms with van der Waals surface area (Å²) in [7, 11) is -4.00. The monoisotopic (exact) mass is 388 g/mol. The van der Waals surface area contributed by atoms with Gasteiger partial charge in [0.1, 0.15) is 14.3 Å². The molecule has 0 spiro atoms. The van der Waals surface area contributed by atoms with Crippen LogP contribution in [-0.2, 0) is 14.9 Å². The Bertz CT molecular complexity index is 819. The number of nitrogens with zero attached hydrogens (tertiary/aromatic N) is 1. The number of anilines is 1. The molecule has 1 fully saturated rings. The van der Waals surface area contributed by atoms with Crippen molar-refractivity contribution in [2.75, 3.05) is 17.2 Å². The molecular weight excluding hydrogens is 376 g/mol. The van der Waals surface area contributed by atoms with Crippen LogP contribution in [0.15, 0.2) is 39.1 Å². The highest BCUT2D eigenvalue weighted by atomic mass is 32.2. The number of rotatable bonds is 4. The molecule has 122 valence electrons. The highest BCUT2D eigenvalue weighted by Gasteiger charge is 2.34. The standard InChI is InChI=1S/C13H12N2O4S4/c16-11-10(22-13(20)14-11)12-15(6-3-7-23(17,18)19)8-4-1-2-5-9(8)21-12/h1-2,4-5H,3,6-7H2,(H,14,16,20)(H,17,18,19). The van der Waals surface area contributed by atoms with Gasteiger partial charge in [-0.25, -0.2) is 0 Å². The summed E-state index contributed by atoms with van der Waals surface area (Å²) in [6.45, 7) is 0.378. The molecule has 0 aromatic heterocycles. The van der Waals surface area contributed by atoms with Crippen LogP contribution in [-0.4, -0.2) is 35.5 Å². The number of fused-ring (bicyclic) bond motifs is 1. The van der Waals surface area contributed by atoms with E-state index in [0.717, 1.165) is 15.6 Å². The fraction of sp³-hybridized carbons (Fsp3) is 0.231. The molecule has 10 heteroatoms. The SMILES string of the molecule is O=C1NC(=S)SC1=C1Sc2ccccc2N1CCCS(=O)(=O)O. The number of amides is 1. The number of thioether (sulfide) groups is 2. The molecular formula is C13H12N2O4S4. The van der Waals surface area contributed by atoms with E-state index in [2.05, 4.69) is 5.32 Å². The first-order chi connectivity index (χ1) is 10.8. The third kappa shape index (κ3) is 3.72. The van der Waals surface area contributed by atoms with Gasteiger partial charge in [-0.1, -0.05) is 47.9 Å². The van der Waals surface area contributed by atoms with Crippen LogP contribution < -0.4 is 10.2 Å². The molecule has 1 saturated heterocycles. The normalized spacial score (nSPS) is 20.8. The van der Waals surface area contributed by atoms with Crippen LogP contribution in [0.5, 0.6) is 0 Å². The third-order valence-electron chi connectivity index (χ3n) is 3.20. The zero-order valence-corrected chi connectivity index (χ0v) is 14.9. The van der Waals surface area contributed by atoms with Gasteiger partial charge in [-0.15, -0.1) is 0 Å². The van der Waals surface area contributed by atoms with Crippen molar-refractivity contribution < 1.29 is 17.8 Å². The summed E-state index contributed by atoms with van der Waals surface area (Å²) in [4.78, 5) is 15.5. The van der Waals surface area contributed by atoms with E-state index in [1.54, 1.807) is 0 Å². The molecule has 0 unspecified atom stereocenters. The van der Waals surface area contributed by atoms with Crippen LogP contribution in [0.4, 0.5) is 5.69 Å². The minimum Gasteiger partial charge on any atom is -0.334 e. The molecule has 2 N–H and O–H groups in total. The highest BCUT2D eigenvalue weighted by molar-refractivity contribution is 8.27. The quantitative estimate of drug-likeness (QED) is 0.461. The lowest BCUT2D eigenvalue weighted by atomic mass is 10.3. The maximum atomic E-state index is 12.0. The molecule has 0 atom stereocenters. The van der Waals surface area contributed by atoms with E-state index in [1.165, 1.54) is 23.5 Å². The van der Waals surface area contributed by atoms with Gasteiger partial charge in [0.25, 0.3) is 16.0 Å². The first kappa shape index (κ1) is 16.8. The Kier molecular flexibility index (Phi) is 4.70. The number of hydrogen-bond donors (Lipinski definition) is 2. The average molecular weight is 389 g/mol. The lowest BCUT2D eigenvalue weighted by molar-refractivity contribution is -0.115. The topological polar surface area (TPSA) is 86.7 Å². The van der Waals surface area contributed by atoms with E-state index in [-0.39, 0.29) is 18.1 Å². The minimum atomic E-state index is -4.00. The summed E-state index contributed by atoms with van der Waals surface area (Å²) in [5.41, 5.74) is 0.918. The molecule has 2 aliphatic heterocycles. The van der Waals surface area contributed by atoms with Crippen LogP contribution in [0.2, 0.25) is 0 Å². The van der Waals surface area contributed by atoms with Gasteiger partial charge in [-0.05, 0) is 18.6 Å². The molecule has 1 amide bonds. The Morgan fingerprint density at radius 3 is 2.65 bits per heavy atom. The highest BCUT2D eigenvalue weighted by Crippen LogP contribution is 2.49. The van der Waals surface area contributed by atoms with Gasteiger partial charge in [0.05, 0.1) is 11.4 Å². The van der Waals surface area contributed by atoms with Crippen molar-refractivity contribution in [1.29, 1.82) is 0 Å².